The molecule has 0 N–H and O–H groups in total. The van der Waals surface area contributed by atoms with Crippen LogP contribution in [0, 0.1) is 11.8 Å². The molecule has 1 heterocycles. The second-order valence-corrected chi connectivity index (χ2v) is 7.74. The Bertz CT molecular complexity index is 569. The van der Waals surface area contributed by atoms with Crippen LogP contribution in [0.5, 0.6) is 11.5 Å². The number of hydrogen-bond donors (Lipinski definition) is 0. The van der Waals surface area contributed by atoms with Crippen molar-refractivity contribution in [2.45, 2.75) is 38.3 Å². The molecule has 0 amide bonds. The first-order valence-corrected chi connectivity index (χ1v) is 9.44. The molecule has 24 heavy (non-hydrogen) atoms. The minimum atomic E-state index is 0.808. The molecule has 3 fully saturated rings. The highest BCUT2D eigenvalue weighted by atomic mass is 16.5. The van der Waals surface area contributed by atoms with Crippen molar-refractivity contribution in [2.75, 3.05) is 40.4 Å². The van der Waals surface area contributed by atoms with Crippen molar-refractivity contribution in [3.63, 3.8) is 0 Å². The van der Waals surface area contributed by atoms with E-state index in [2.05, 4.69) is 21.9 Å². The van der Waals surface area contributed by atoms with Gasteiger partial charge in [-0.2, -0.15) is 0 Å². The van der Waals surface area contributed by atoms with Gasteiger partial charge in [-0.15, -0.1) is 0 Å². The number of methoxy groups -OCH3 is 2. The van der Waals surface area contributed by atoms with E-state index in [9.17, 15) is 0 Å². The van der Waals surface area contributed by atoms with Gasteiger partial charge < -0.3 is 9.47 Å². The maximum Gasteiger partial charge on any atom is 0.161 e. The standard InChI is InChI=1S/C20H30N2O2/c1-23-19-6-4-16(13-20(19)24-2)14-21-7-9-22(10-8-21)18-12-15-3-5-17(18)11-15/h4,6,13,15,17-18H,3,5,7-12,14H2,1-2H3/t15-,17-,18+/m1/s1. The fourth-order valence-corrected chi connectivity index (χ4v) is 5.15. The summed E-state index contributed by atoms with van der Waals surface area (Å²) >= 11 is 0. The van der Waals surface area contributed by atoms with E-state index in [1.165, 1.54) is 57.4 Å². The predicted molar refractivity (Wildman–Crippen MR) is 95.6 cm³/mol. The quantitative estimate of drug-likeness (QED) is 0.828. The fourth-order valence-electron chi connectivity index (χ4n) is 5.15. The van der Waals surface area contributed by atoms with Crippen molar-refractivity contribution in [1.82, 2.24) is 9.80 Å². The van der Waals surface area contributed by atoms with E-state index in [1.54, 1.807) is 14.2 Å². The summed E-state index contributed by atoms with van der Waals surface area (Å²) in [7, 11) is 3.39. The Hall–Kier alpha value is -1.26. The van der Waals surface area contributed by atoms with Crippen LogP contribution in [0.2, 0.25) is 0 Å². The van der Waals surface area contributed by atoms with Crippen LogP contribution in [-0.4, -0.2) is 56.2 Å². The van der Waals surface area contributed by atoms with Crippen molar-refractivity contribution in [2.24, 2.45) is 11.8 Å². The average Bonchev–Trinajstić information content (AvgIpc) is 3.25. The van der Waals surface area contributed by atoms with E-state index >= 15 is 0 Å². The molecule has 4 heteroatoms. The van der Waals surface area contributed by atoms with Crippen LogP contribution in [0.1, 0.15) is 31.2 Å². The lowest BCUT2D eigenvalue weighted by Gasteiger charge is -2.41. The van der Waals surface area contributed by atoms with E-state index in [-0.39, 0.29) is 0 Å². The molecule has 0 radical (unpaired) electrons. The number of hydrogen-bond acceptors (Lipinski definition) is 4. The summed E-state index contributed by atoms with van der Waals surface area (Å²) in [4.78, 5) is 5.36. The van der Waals surface area contributed by atoms with Gasteiger partial charge in [0.1, 0.15) is 0 Å². The number of piperazine rings is 1. The maximum absolute atomic E-state index is 5.43. The predicted octanol–water partition coefficient (Wildman–Crippen LogP) is 3.01. The van der Waals surface area contributed by atoms with Crippen molar-refractivity contribution >= 4 is 0 Å². The maximum atomic E-state index is 5.43. The Kier molecular flexibility index (Phi) is 4.68. The number of nitrogens with zero attached hydrogens (tertiary/aromatic N) is 2. The smallest absolute Gasteiger partial charge is 0.161 e. The summed E-state index contributed by atoms with van der Waals surface area (Å²) in [5.74, 6) is 3.69. The molecule has 2 aliphatic carbocycles. The number of benzene rings is 1. The van der Waals surface area contributed by atoms with Crippen LogP contribution in [0.15, 0.2) is 18.2 Å². The van der Waals surface area contributed by atoms with Crippen molar-refractivity contribution < 1.29 is 9.47 Å². The van der Waals surface area contributed by atoms with Gasteiger partial charge in [0.05, 0.1) is 14.2 Å². The molecule has 1 aromatic rings. The first kappa shape index (κ1) is 16.2. The van der Waals surface area contributed by atoms with Gasteiger partial charge in [0, 0.05) is 38.8 Å². The molecular weight excluding hydrogens is 300 g/mol. The van der Waals surface area contributed by atoms with Crippen LogP contribution in [0.4, 0.5) is 0 Å². The third-order valence-electron chi connectivity index (χ3n) is 6.43. The van der Waals surface area contributed by atoms with Crippen LogP contribution >= 0.6 is 0 Å². The van der Waals surface area contributed by atoms with E-state index in [1.807, 2.05) is 6.07 Å². The van der Waals surface area contributed by atoms with Crippen LogP contribution in [0.3, 0.4) is 0 Å². The number of fused-ring (bicyclic) bond motifs is 2. The molecular formula is C20H30N2O2. The topological polar surface area (TPSA) is 24.9 Å². The zero-order valence-corrected chi connectivity index (χ0v) is 15.0. The van der Waals surface area contributed by atoms with E-state index in [0.29, 0.717) is 0 Å². The van der Waals surface area contributed by atoms with Gasteiger partial charge in [0.15, 0.2) is 11.5 Å². The molecule has 3 aliphatic rings. The molecule has 0 spiro atoms. The third-order valence-corrected chi connectivity index (χ3v) is 6.43. The highest BCUT2D eigenvalue weighted by Crippen LogP contribution is 2.46. The zero-order valence-electron chi connectivity index (χ0n) is 15.0. The number of rotatable bonds is 5. The zero-order chi connectivity index (χ0) is 16.5. The average molecular weight is 330 g/mol. The van der Waals surface area contributed by atoms with Gasteiger partial charge in [-0.3, -0.25) is 9.80 Å². The largest absolute Gasteiger partial charge is 0.493 e. The molecule has 132 valence electrons. The number of ether oxygens (including phenoxy) is 2. The minimum Gasteiger partial charge on any atom is -0.493 e. The van der Waals surface area contributed by atoms with Gasteiger partial charge in [-0.05, 0) is 48.8 Å². The Morgan fingerprint density at radius 1 is 0.958 bits per heavy atom. The highest BCUT2D eigenvalue weighted by molar-refractivity contribution is 5.42. The summed E-state index contributed by atoms with van der Waals surface area (Å²) in [6.45, 7) is 5.84. The Morgan fingerprint density at radius 2 is 1.75 bits per heavy atom. The summed E-state index contributed by atoms with van der Waals surface area (Å²) in [6, 6.07) is 7.18. The van der Waals surface area contributed by atoms with Crippen LogP contribution in [0.25, 0.3) is 0 Å². The van der Waals surface area contributed by atoms with Crippen LogP contribution < -0.4 is 9.47 Å². The molecule has 1 aliphatic heterocycles. The van der Waals surface area contributed by atoms with Gasteiger partial charge >= 0.3 is 0 Å². The normalized spacial score (nSPS) is 30.7. The van der Waals surface area contributed by atoms with E-state index in [0.717, 1.165) is 35.9 Å². The molecule has 4 nitrogen and oxygen atoms in total. The first-order chi connectivity index (χ1) is 11.8. The molecule has 2 saturated carbocycles. The molecule has 0 aromatic heterocycles. The van der Waals surface area contributed by atoms with Gasteiger partial charge in [-0.1, -0.05) is 12.5 Å². The monoisotopic (exact) mass is 330 g/mol. The Balaban J connectivity index is 1.32. The summed E-state index contributed by atoms with van der Waals surface area (Å²) in [5, 5.41) is 0. The summed E-state index contributed by atoms with van der Waals surface area (Å²) in [5.41, 5.74) is 1.31. The van der Waals surface area contributed by atoms with Gasteiger partial charge in [0.25, 0.3) is 0 Å². The molecule has 2 bridgehead atoms. The van der Waals surface area contributed by atoms with Gasteiger partial charge in [0.2, 0.25) is 0 Å². The lowest BCUT2D eigenvalue weighted by Crippen LogP contribution is -2.51. The first-order valence-electron chi connectivity index (χ1n) is 9.44. The Morgan fingerprint density at radius 3 is 2.38 bits per heavy atom. The van der Waals surface area contributed by atoms with Crippen molar-refractivity contribution in [3.8, 4) is 11.5 Å². The minimum absolute atomic E-state index is 0.808. The van der Waals surface area contributed by atoms with Crippen molar-refractivity contribution in [3.05, 3.63) is 23.8 Å². The molecule has 1 aromatic carbocycles. The lowest BCUT2D eigenvalue weighted by atomic mass is 9.93. The molecule has 0 unspecified atom stereocenters. The van der Waals surface area contributed by atoms with Gasteiger partial charge in [-0.25, -0.2) is 0 Å². The second kappa shape index (κ2) is 6.93. The van der Waals surface area contributed by atoms with Crippen molar-refractivity contribution in [1.29, 1.82) is 0 Å². The summed E-state index contributed by atoms with van der Waals surface area (Å²) in [6.07, 6.45) is 5.97. The fraction of sp³-hybridized carbons (Fsp3) is 0.700. The lowest BCUT2D eigenvalue weighted by molar-refractivity contribution is 0.0679. The third kappa shape index (κ3) is 3.14. The van der Waals surface area contributed by atoms with Crippen LogP contribution in [-0.2, 0) is 6.54 Å². The highest BCUT2D eigenvalue weighted by Gasteiger charge is 2.42. The molecule has 1 saturated heterocycles. The summed E-state index contributed by atoms with van der Waals surface area (Å²) < 4.78 is 10.8. The second-order valence-electron chi connectivity index (χ2n) is 7.74. The molecule has 3 atom stereocenters. The van der Waals surface area contributed by atoms with E-state index < -0.39 is 0 Å². The SMILES string of the molecule is COc1ccc(CN2CCN([C@H]3C[C@@H]4CC[C@@H]3C4)CC2)cc1OC. The van der Waals surface area contributed by atoms with E-state index in [4.69, 9.17) is 9.47 Å². The molecule has 4 rings (SSSR count). The Labute approximate surface area is 145 Å².